The lowest BCUT2D eigenvalue weighted by Crippen LogP contribution is -2.42. The minimum absolute atomic E-state index is 0.0336. The summed E-state index contributed by atoms with van der Waals surface area (Å²) in [5, 5.41) is 12.2. The zero-order valence-electron chi connectivity index (χ0n) is 16.3. The first-order chi connectivity index (χ1) is 13.2. The summed E-state index contributed by atoms with van der Waals surface area (Å²) in [7, 11) is 0. The fourth-order valence-electron chi connectivity index (χ4n) is 2.73. The van der Waals surface area contributed by atoms with Gasteiger partial charge in [0.05, 0.1) is 22.9 Å². The number of alkyl halides is 3. The van der Waals surface area contributed by atoms with Gasteiger partial charge >= 0.3 is 18.0 Å². The first kappa shape index (κ1) is 22.7. The monoisotopic (exact) mass is 434 g/mol. The summed E-state index contributed by atoms with van der Waals surface area (Å²) in [6, 6.07) is 0. The van der Waals surface area contributed by atoms with Crippen LogP contribution < -0.4 is 16.7 Å². The van der Waals surface area contributed by atoms with Crippen LogP contribution in [-0.2, 0) is 13.1 Å². The van der Waals surface area contributed by atoms with Crippen LogP contribution in [0.5, 0.6) is 0 Å². The van der Waals surface area contributed by atoms with E-state index in [-0.39, 0.29) is 16.8 Å². The molecule has 0 aliphatic carbocycles. The van der Waals surface area contributed by atoms with Crippen LogP contribution in [0.2, 0.25) is 0 Å². The van der Waals surface area contributed by atoms with Crippen molar-refractivity contribution in [2.45, 2.75) is 53.4 Å². The Balaban J connectivity index is 2.75. The van der Waals surface area contributed by atoms with Gasteiger partial charge in [0, 0.05) is 13.1 Å². The predicted molar refractivity (Wildman–Crippen MR) is 104 cm³/mol. The summed E-state index contributed by atoms with van der Waals surface area (Å²) in [6.45, 7) is 6.39. The molecule has 0 aliphatic heterocycles. The van der Waals surface area contributed by atoms with E-state index in [1.165, 1.54) is 0 Å². The lowest BCUT2D eigenvalue weighted by molar-refractivity contribution is -0.136. The molecule has 1 amide bonds. The van der Waals surface area contributed by atoms with E-state index in [2.05, 4.69) is 5.10 Å². The molecular formula is C17H21F3N4O4S. The Morgan fingerprint density at radius 2 is 1.86 bits per heavy atom. The number of halogens is 3. The summed E-state index contributed by atoms with van der Waals surface area (Å²) in [5.74, 6) is 0. The minimum atomic E-state index is -4.47. The number of rotatable bonds is 5. The molecule has 160 valence electrons. The van der Waals surface area contributed by atoms with E-state index in [0.29, 0.717) is 10.4 Å². The molecular weight excluding hydrogens is 413 g/mol. The molecule has 2 rings (SSSR count). The number of nitrogens with one attached hydrogen (secondary N) is 1. The Labute approximate surface area is 167 Å². The number of aromatic nitrogens is 2. The number of hydrazone groups is 1. The molecule has 12 heteroatoms. The van der Waals surface area contributed by atoms with E-state index >= 15 is 0 Å². The first-order valence-electron chi connectivity index (χ1n) is 8.57. The van der Waals surface area contributed by atoms with Crippen molar-refractivity contribution in [1.82, 2.24) is 14.6 Å². The van der Waals surface area contributed by atoms with Gasteiger partial charge in [-0.25, -0.2) is 15.0 Å². The predicted octanol–water partition coefficient (Wildman–Crippen LogP) is 3.13. The van der Waals surface area contributed by atoms with Gasteiger partial charge in [-0.15, -0.1) is 11.3 Å². The molecule has 8 nitrogen and oxygen atoms in total. The van der Waals surface area contributed by atoms with Crippen molar-refractivity contribution in [3.63, 3.8) is 0 Å². The second-order valence-corrected chi connectivity index (χ2v) is 8.73. The maximum Gasteiger partial charge on any atom is 0.425 e. The quantitative estimate of drug-likeness (QED) is 0.557. The van der Waals surface area contributed by atoms with Crippen LogP contribution in [-0.4, -0.2) is 32.7 Å². The Kier molecular flexibility index (Phi) is 6.26. The summed E-state index contributed by atoms with van der Waals surface area (Å²) >= 11 is 0.908. The summed E-state index contributed by atoms with van der Waals surface area (Å²) in [5.41, 5.74) is 0.332. The summed E-state index contributed by atoms with van der Waals surface area (Å²) in [6.07, 6.45) is -5.94. The van der Waals surface area contributed by atoms with E-state index < -0.39 is 41.9 Å². The van der Waals surface area contributed by atoms with Crippen molar-refractivity contribution < 1.29 is 23.1 Å². The number of fused-ring (bicyclic) bond motifs is 1. The second-order valence-electron chi connectivity index (χ2n) is 7.70. The largest absolute Gasteiger partial charge is 0.464 e. The molecule has 0 aromatic carbocycles. The molecule has 0 saturated carbocycles. The van der Waals surface area contributed by atoms with Gasteiger partial charge in [-0.3, -0.25) is 13.9 Å². The van der Waals surface area contributed by atoms with Gasteiger partial charge in [-0.05, 0) is 17.9 Å². The molecule has 2 N–H and O–H groups in total. The minimum Gasteiger partial charge on any atom is -0.464 e. The highest BCUT2D eigenvalue weighted by Crippen LogP contribution is 2.28. The van der Waals surface area contributed by atoms with Crippen molar-refractivity contribution in [3.8, 4) is 0 Å². The second kappa shape index (κ2) is 8.01. The number of carboxylic acid groups (broad SMARTS) is 1. The molecule has 0 atom stereocenters. The third-order valence-corrected chi connectivity index (χ3v) is 5.17. The van der Waals surface area contributed by atoms with E-state index in [9.17, 15) is 27.6 Å². The van der Waals surface area contributed by atoms with E-state index in [1.54, 1.807) is 33.1 Å². The molecule has 0 fully saturated rings. The number of nitrogens with zero attached hydrogens (tertiary/aromatic N) is 3. The molecule has 0 bridgehead atoms. The number of hydrogen-bond donors (Lipinski definition) is 2. The zero-order chi connectivity index (χ0) is 22.1. The van der Waals surface area contributed by atoms with Gasteiger partial charge in [0.25, 0.3) is 5.56 Å². The van der Waals surface area contributed by atoms with Crippen LogP contribution in [0.15, 0.2) is 14.7 Å². The van der Waals surface area contributed by atoms with Crippen LogP contribution in [0.25, 0.3) is 10.2 Å². The van der Waals surface area contributed by atoms with Crippen LogP contribution in [0.3, 0.4) is 0 Å². The first-order valence-corrected chi connectivity index (χ1v) is 9.38. The van der Waals surface area contributed by atoms with E-state index in [1.807, 2.05) is 0 Å². The molecule has 29 heavy (non-hydrogen) atoms. The lowest BCUT2D eigenvalue weighted by Gasteiger charge is -2.20. The van der Waals surface area contributed by atoms with Crippen LogP contribution in [0, 0.1) is 12.3 Å². The van der Waals surface area contributed by atoms with Gasteiger partial charge in [-0.1, -0.05) is 20.8 Å². The number of thiophene rings is 1. The zero-order valence-corrected chi connectivity index (χ0v) is 17.1. The number of amides is 1. The fourth-order valence-corrected chi connectivity index (χ4v) is 3.92. The molecule has 2 heterocycles. The molecule has 0 saturated heterocycles. The highest BCUT2D eigenvalue weighted by molar-refractivity contribution is 7.20. The maximum absolute atomic E-state index is 13.0. The van der Waals surface area contributed by atoms with Gasteiger partial charge in [0.1, 0.15) is 4.83 Å². The summed E-state index contributed by atoms with van der Waals surface area (Å²) < 4.78 is 40.3. The van der Waals surface area contributed by atoms with Crippen molar-refractivity contribution in [3.05, 3.63) is 31.3 Å². The molecule has 0 unspecified atom stereocenters. The third-order valence-electron chi connectivity index (χ3n) is 3.92. The molecule has 2 aromatic heterocycles. The molecule has 2 aromatic rings. The van der Waals surface area contributed by atoms with Gasteiger partial charge in [0.15, 0.2) is 0 Å². The Hall–Kier alpha value is -2.63. The van der Waals surface area contributed by atoms with Gasteiger partial charge < -0.3 is 5.11 Å². The highest BCUT2D eigenvalue weighted by atomic mass is 32.1. The molecule has 0 radical (unpaired) electrons. The standard InChI is InChI=1S/C17H21F3N4O4S/c1-9-10(7-21-22-14(26)27)29-13-11(9)12(25)24(8-16(2,3)4)15(28)23(13)6-5-17(18,19)20/h7,22H,5-6,8H2,1-4H3,(H,26,27)/b21-7+. The maximum atomic E-state index is 13.0. The Bertz CT molecular complexity index is 1070. The average Bonchev–Trinajstić information content (AvgIpc) is 2.86. The van der Waals surface area contributed by atoms with Crippen molar-refractivity contribution >= 4 is 33.9 Å². The normalized spacial score (nSPS) is 12.8. The van der Waals surface area contributed by atoms with Crippen LogP contribution >= 0.6 is 11.3 Å². The Morgan fingerprint density at radius 3 is 2.38 bits per heavy atom. The van der Waals surface area contributed by atoms with Crippen LogP contribution in [0.4, 0.5) is 18.0 Å². The number of aryl methyl sites for hydroxylation is 2. The highest BCUT2D eigenvalue weighted by Gasteiger charge is 2.29. The van der Waals surface area contributed by atoms with Gasteiger partial charge in [-0.2, -0.15) is 18.3 Å². The lowest BCUT2D eigenvalue weighted by atomic mass is 9.97. The van der Waals surface area contributed by atoms with Crippen molar-refractivity contribution in [2.24, 2.45) is 10.5 Å². The number of hydrogen-bond acceptors (Lipinski definition) is 5. The van der Waals surface area contributed by atoms with Crippen molar-refractivity contribution in [2.75, 3.05) is 0 Å². The molecule has 0 spiro atoms. The van der Waals surface area contributed by atoms with E-state index in [4.69, 9.17) is 5.11 Å². The average molecular weight is 434 g/mol. The van der Waals surface area contributed by atoms with Crippen molar-refractivity contribution in [1.29, 1.82) is 0 Å². The Morgan fingerprint density at radius 1 is 1.24 bits per heavy atom. The SMILES string of the molecule is Cc1c(/C=N/NC(=O)O)sc2c1c(=O)n(CC(C)(C)C)c(=O)n2CCC(F)(F)F. The van der Waals surface area contributed by atoms with Gasteiger partial charge in [0.2, 0.25) is 0 Å². The number of carbonyl (C=O) groups is 1. The smallest absolute Gasteiger partial charge is 0.425 e. The van der Waals surface area contributed by atoms with Crippen LogP contribution in [0.1, 0.15) is 37.6 Å². The third kappa shape index (κ3) is 5.46. The molecule has 0 aliphatic rings. The topological polar surface area (TPSA) is 106 Å². The van der Waals surface area contributed by atoms with E-state index in [0.717, 1.165) is 26.7 Å². The summed E-state index contributed by atoms with van der Waals surface area (Å²) in [4.78, 5) is 36.8. The fraction of sp³-hybridized carbons (Fsp3) is 0.529.